The number of nitrogens with one attached hydrogen (secondary N) is 3. The summed E-state index contributed by atoms with van der Waals surface area (Å²) in [5.41, 5.74) is 2.20. The van der Waals surface area contributed by atoms with Gasteiger partial charge < -0.3 is 10.6 Å². The maximum Gasteiger partial charge on any atom is 0.271 e. The molecule has 1 atom stereocenters. The summed E-state index contributed by atoms with van der Waals surface area (Å²) in [7, 11) is 0. The molecule has 0 radical (unpaired) electrons. The summed E-state index contributed by atoms with van der Waals surface area (Å²) in [6, 6.07) is 0.549. The molecule has 3 rings (SSSR count). The number of nitrogens with zero attached hydrogens (tertiary/aromatic N) is 1. The molecule has 1 aromatic rings. The van der Waals surface area contributed by atoms with Crippen molar-refractivity contribution < 1.29 is 0 Å². The highest BCUT2D eigenvalue weighted by molar-refractivity contribution is 5.25. The highest BCUT2D eigenvalue weighted by atomic mass is 16.1. The van der Waals surface area contributed by atoms with Crippen molar-refractivity contribution >= 4 is 0 Å². The van der Waals surface area contributed by atoms with E-state index >= 15 is 0 Å². The Kier molecular flexibility index (Phi) is 2.37. The molecule has 0 aliphatic carbocycles. The van der Waals surface area contributed by atoms with Gasteiger partial charge in [-0.1, -0.05) is 0 Å². The van der Waals surface area contributed by atoms with Crippen LogP contribution in [0, 0.1) is 0 Å². The quantitative estimate of drug-likeness (QED) is 0.639. The van der Waals surface area contributed by atoms with Crippen LogP contribution in [0.5, 0.6) is 0 Å². The van der Waals surface area contributed by atoms with Gasteiger partial charge in [-0.3, -0.25) is 9.89 Å². The van der Waals surface area contributed by atoms with Crippen LogP contribution in [0.3, 0.4) is 0 Å². The van der Waals surface area contributed by atoms with E-state index in [1.165, 1.54) is 0 Å². The highest BCUT2D eigenvalue weighted by Gasteiger charge is 2.28. The van der Waals surface area contributed by atoms with Crippen LogP contribution in [0.1, 0.15) is 43.1 Å². The van der Waals surface area contributed by atoms with E-state index < -0.39 is 0 Å². The van der Waals surface area contributed by atoms with Crippen LogP contribution in [0.15, 0.2) is 4.79 Å². The molecule has 1 aromatic heterocycles. The van der Waals surface area contributed by atoms with Gasteiger partial charge in [0.2, 0.25) is 0 Å². The second kappa shape index (κ2) is 3.75. The van der Waals surface area contributed by atoms with E-state index in [-0.39, 0.29) is 11.6 Å². The molecule has 1 unspecified atom stereocenters. The van der Waals surface area contributed by atoms with Crippen molar-refractivity contribution in [2.24, 2.45) is 0 Å². The minimum Gasteiger partial charge on any atom is -0.317 e. The van der Waals surface area contributed by atoms with Crippen LogP contribution in [0.2, 0.25) is 0 Å². The molecule has 2 aliphatic heterocycles. The van der Waals surface area contributed by atoms with E-state index in [1.807, 2.05) is 11.6 Å². The predicted octanol–water partition coefficient (Wildman–Crippen LogP) is 0.265. The Hall–Kier alpha value is -1.07. The smallest absolute Gasteiger partial charge is 0.271 e. The number of H-pyrrole nitrogens is 1. The molecule has 5 heteroatoms. The lowest BCUT2D eigenvalue weighted by Crippen LogP contribution is -2.34. The van der Waals surface area contributed by atoms with Gasteiger partial charge in [-0.25, -0.2) is 4.68 Å². The van der Waals surface area contributed by atoms with Crippen molar-refractivity contribution in [3.63, 3.8) is 0 Å². The first-order valence-electron chi connectivity index (χ1n) is 6.04. The Morgan fingerprint density at radius 1 is 1.31 bits per heavy atom. The SMILES string of the molecule is CC1NCc2[nH]n(C3CCNCC3)c(=O)c21. The summed E-state index contributed by atoms with van der Waals surface area (Å²) >= 11 is 0. The van der Waals surface area contributed by atoms with Gasteiger partial charge >= 0.3 is 0 Å². The third kappa shape index (κ3) is 1.43. The van der Waals surface area contributed by atoms with Gasteiger partial charge in [-0.2, -0.15) is 0 Å². The molecule has 5 nitrogen and oxygen atoms in total. The maximum absolute atomic E-state index is 12.2. The summed E-state index contributed by atoms with van der Waals surface area (Å²) < 4.78 is 1.85. The van der Waals surface area contributed by atoms with Crippen molar-refractivity contribution in [1.82, 2.24) is 20.4 Å². The van der Waals surface area contributed by atoms with E-state index in [1.54, 1.807) is 0 Å². The summed E-state index contributed by atoms with van der Waals surface area (Å²) in [5.74, 6) is 0. The lowest BCUT2D eigenvalue weighted by Gasteiger charge is -2.23. The Balaban J connectivity index is 1.97. The van der Waals surface area contributed by atoms with Gasteiger partial charge in [-0.15, -0.1) is 0 Å². The van der Waals surface area contributed by atoms with Gasteiger partial charge in [0.25, 0.3) is 5.56 Å². The normalized spacial score (nSPS) is 25.9. The van der Waals surface area contributed by atoms with Gasteiger partial charge in [0, 0.05) is 12.6 Å². The lowest BCUT2D eigenvalue weighted by molar-refractivity contribution is 0.333. The standard InChI is InChI=1S/C11H18N4O/c1-7-10-9(6-13-7)14-15(11(10)16)8-2-4-12-5-3-8/h7-8,12-14H,2-6H2,1H3. The molecular formula is C11H18N4O. The number of aromatic nitrogens is 2. The van der Waals surface area contributed by atoms with Crippen molar-refractivity contribution in [2.45, 2.75) is 38.4 Å². The molecule has 2 aliphatic rings. The first-order valence-corrected chi connectivity index (χ1v) is 6.04. The topological polar surface area (TPSA) is 61.9 Å². The average molecular weight is 222 g/mol. The van der Waals surface area contributed by atoms with Gasteiger partial charge in [-0.05, 0) is 32.9 Å². The molecule has 16 heavy (non-hydrogen) atoms. The molecule has 0 amide bonds. The molecule has 0 bridgehead atoms. The zero-order valence-electron chi connectivity index (χ0n) is 9.55. The Bertz CT molecular complexity index is 441. The van der Waals surface area contributed by atoms with Crippen molar-refractivity contribution in [2.75, 3.05) is 13.1 Å². The number of piperidine rings is 1. The Morgan fingerprint density at radius 3 is 2.75 bits per heavy atom. The fourth-order valence-corrected chi connectivity index (χ4v) is 2.78. The van der Waals surface area contributed by atoms with Crippen LogP contribution in [-0.4, -0.2) is 22.9 Å². The van der Waals surface area contributed by atoms with Crippen LogP contribution < -0.4 is 16.2 Å². The van der Waals surface area contributed by atoms with Crippen LogP contribution in [0.4, 0.5) is 0 Å². The number of fused-ring (bicyclic) bond motifs is 1. The van der Waals surface area contributed by atoms with Crippen LogP contribution in [0.25, 0.3) is 0 Å². The zero-order valence-corrected chi connectivity index (χ0v) is 9.55. The third-order valence-corrected chi connectivity index (χ3v) is 3.72. The first kappa shape index (κ1) is 10.1. The Labute approximate surface area is 94.2 Å². The second-order valence-corrected chi connectivity index (χ2v) is 4.76. The minimum absolute atomic E-state index is 0.180. The molecule has 3 N–H and O–H groups in total. The summed E-state index contributed by atoms with van der Waals surface area (Å²) in [6.45, 7) is 4.86. The maximum atomic E-state index is 12.2. The summed E-state index contributed by atoms with van der Waals surface area (Å²) in [6.07, 6.45) is 2.09. The van der Waals surface area contributed by atoms with Gasteiger partial charge in [0.1, 0.15) is 0 Å². The molecule has 3 heterocycles. The van der Waals surface area contributed by atoms with Crippen molar-refractivity contribution in [3.8, 4) is 0 Å². The van der Waals surface area contributed by atoms with Crippen molar-refractivity contribution in [3.05, 3.63) is 21.6 Å². The molecule has 1 saturated heterocycles. The molecule has 0 saturated carbocycles. The molecule has 88 valence electrons. The minimum atomic E-state index is 0.180. The van der Waals surface area contributed by atoms with Crippen LogP contribution >= 0.6 is 0 Å². The predicted molar refractivity (Wildman–Crippen MR) is 61.4 cm³/mol. The number of hydrogen-bond acceptors (Lipinski definition) is 3. The van der Waals surface area contributed by atoms with E-state index in [0.29, 0.717) is 6.04 Å². The number of rotatable bonds is 1. The molecule has 1 fully saturated rings. The van der Waals surface area contributed by atoms with E-state index in [2.05, 4.69) is 15.7 Å². The molecule has 0 spiro atoms. The highest BCUT2D eigenvalue weighted by Crippen LogP contribution is 2.23. The van der Waals surface area contributed by atoms with Gasteiger partial charge in [0.15, 0.2) is 0 Å². The summed E-state index contributed by atoms with van der Waals surface area (Å²) in [5, 5.41) is 9.88. The monoisotopic (exact) mass is 222 g/mol. The summed E-state index contributed by atoms with van der Waals surface area (Å²) in [4.78, 5) is 12.2. The van der Waals surface area contributed by atoms with E-state index in [4.69, 9.17) is 0 Å². The molecular weight excluding hydrogens is 204 g/mol. The first-order chi connectivity index (χ1) is 7.77. The lowest BCUT2D eigenvalue weighted by atomic mass is 10.1. The number of hydrogen-bond donors (Lipinski definition) is 3. The fourth-order valence-electron chi connectivity index (χ4n) is 2.78. The third-order valence-electron chi connectivity index (χ3n) is 3.72. The fraction of sp³-hybridized carbons (Fsp3) is 0.727. The van der Waals surface area contributed by atoms with E-state index in [9.17, 15) is 4.79 Å². The zero-order chi connectivity index (χ0) is 11.1. The molecule has 0 aromatic carbocycles. The van der Waals surface area contributed by atoms with E-state index in [0.717, 1.165) is 43.7 Å². The number of aromatic amines is 1. The average Bonchev–Trinajstić information content (AvgIpc) is 2.83. The van der Waals surface area contributed by atoms with Gasteiger partial charge in [0.05, 0.1) is 17.3 Å². The van der Waals surface area contributed by atoms with Crippen LogP contribution in [-0.2, 0) is 6.54 Å². The second-order valence-electron chi connectivity index (χ2n) is 4.76. The Morgan fingerprint density at radius 2 is 2.06 bits per heavy atom. The van der Waals surface area contributed by atoms with Crippen molar-refractivity contribution in [1.29, 1.82) is 0 Å². The largest absolute Gasteiger partial charge is 0.317 e.